The number of nitrogens with one attached hydrogen (secondary N) is 1. The fourth-order valence-electron chi connectivity index (χ4n) is 2.20. The Morgan fingerprint density at radius 2 is 2.15 bits per heavy atom. The Hall–Kier alpha value is -1.94. The third-order valence-electron chi connectivity index (χ3n) is 3.31. The summed E-state index contributed by atoms with van der Waals surface area (Å²) in [6.07, 6.45) is 4.45. The van der Waals surface area contributed by atoms with Crippen LogP contribution in [0.1, 0.15) is 36.1 Å². The first-order valence-corrected chi connectivity index (χ1v) is 6.82. The summed E-state index contributed by atoms with van der Waals surface area (Å²) in [5.74, 6) is -0.192. The van der Waals surface area contributed by atoms with Gasteiger partial charge in [0.15, 0.2) is 0 Å². The van der Waals surface area contributed by atoms with E-state index in [1.54, 1.807) is 31.5 Å². The van der Waals surface area contributed by atoms with Crippen molar-refractivity contribution < 1.29 is 4.39 Å². The highest BCUT2D eigenvalue weighted by Crippen LogP contribution is 2.27. The second kappa shape index (κ2) is 6.48. The minimum Gasteiger partial charge on any atom is -0.398 e. The van der Waals surface area contributed by atoms with Gasteiger partial charge in [0.2, 0.25) is 0 Å². The molecular formula is C16H20FN3. The molecule has 0 bridgehead atoms. The summed E-state index contributed by atoms with van der Waals surface area (Å²) in [6.45, 7) is 4.73. The number of aryl methyl sites for hydroxylation is 1. The van der Waals surface area contributed by atoms with Gasteiger partial charge in [-0.1, -0.05) is 19.1 Å². The molecule has 2 aromatic rings. The van der Waals surface area contributed by atoms with Gasteiger partial charge in [0.1, 0.15) is 5.82 Å². The average Bonchev–Trinajstić information content (AvgIpc) is 2.44. The van der Waals surface area contributed by atoms with Crippen LogP contribution in [0.2, 0.25) is 0 Å². The number of halogens is 1. The first-order chi connectivity index (χ1) is 9.63. The molecule has 20 heavy (non-hydrogen) atoms. The molecule has 0 spiro atoms. The fourth-order valence-corrected chi connectivity index (χ4v) is 2.20. The van der Waals surface area contributed by atoms with Crippen LogP contribution in [0.25, 0.3) is 0 Å². The number of hydrogen-bond acceptors (Lipinski definition) is 3. The van der Waals surface area contributed by atoms with E-state index in [-0.39, 0.29) is 11.9 Å². The van der Waals surface area contributed by atoms with Gasteiger partial charge in [-0.05, 0) is 43.1 Å². The molecule has 0 aliphatic carbocycles. The number of nitrogen functional groups attached to an aromatic ring is 1. The molecule has 1 unspecified atom stereocenters. The molecule has 3 nitrogen and oxygen atoms in total. The molecule has 0 fully saturated rings. The summed E-state index contributed by atoms with van der Waals surface area (Å²) in [5.41, 5.74) is 9.29. The normalized spacial score (nSPS) is 12.3. The number of rotatable bonds is 5. The molecule has 0 aliphatic heterocycles. The lowest BCUT2D eigenvalue weighted by molar-refractivity contribution is 0.590. The van der Waals surface area contributed by atoms with Crippen LogP contribution in [-0.2, 0) is 0 Å². The van der Waals surface area contributed by atoms with Crippen LogP contribution in [0.5, 0.6) is 0 Å². The van der Waals surface area contributed by atoms with Crippen molar-refractivity contribution >= 4 is 5.69 Å². The maximum Gasteiger partial charge on any atom is 0.126 e. The van der Waals surface area contributed by atoms with Gasteiger partial charge >= 0.3 is 0 Å². The van der Waals surface area contributed by atoms with E-state index >= 15 is 0 Å². The number of nitrogens with zero attached hydrogens (tertiary/aromatic N) is 1. The zero-order chi connectivity index (χ0) is 14.5. The van der Waals surface area contributed by atoms with E-state index in [2.05, 4.69) is 17.2 Å². The van der Waals surface area contributed by atoms with Crippen LogP contribution in [0.15, 0.2) is 36.7 Å². The van der Waals surface area contributed by atoms with E-state index in [9.17, 15) is 4.39 Å². The predicted molar refractivity (Wildman–Crippen MR) is 79.9 cm³/mol. The van der Waals surface area contributed by atoms with Crippen molar-refractivity contribution in [2.75, 3.05) is 12.3 Å². The second-order valence-electron chi connectivity index (χ2n) is 4.90. The second-order valence-corrected chi connectivity index (χ2v) is 4.90. The van der Waals surface area contributed by atoms with Crippen LogP contribution in [-0.4, -0.2) is 11.5 Å². The Kier molecular flexibility index (Phi) is 4.69. The Morgan fingerprint density at radius 1 is 1.35 bits per heavy atom. The highest BCUT2D eigenvalue weighted by Gasteiger charge is 2.17. The van der Waals surface area contributed by atoms with E-state index in [0.717, 1.165) is 24.1 Å². The zero-order valence-electron chi connectivity index (χ0n) is 11.9. The van der Waals surface area contributed by atoms with E-state index in [4.69, 9.17) is 5.73 Å². The van der Waals surface area contributed by atoms with E-state index in [0.29, 0.717) is 11.3 Å². The molecule has 1 atom stereocenters. The van der Waals surface area contributed by atoms with Crippen LogP contribution < -0.4 is 11.1 Å². The number of nitrogens with two attached hydrogens (primary N) is 1. The molecule has 0 amide bonds. The van der Waals surface area contributed by atoms with Gasteiger partial charge in [-0.15, -0.1) is 0 Å². The number of hydrogen-bond donors (Lipinski definition) is 2. The molecule has 2 rings (SSSR count). The van der Waals surface area contributed by atoms with E-state index in [1.807, 2.05) is 6.07 Å². The SMILES string of the molecule is CCCNC(c1ccc(F)c(C)c1)c1cnccc1N. The van der Waals surface area contributed by atoms with Gasteiger partial charge in [0.25, 0.3) is 0 Å². The van der Waals surface area contributed by atoms with Crippen molar-refractivity contribution in [2.45, 2.75) is 26.3 Å². The minimum atomic E-state index is -0.192. The summed E-state index contributed by atoms with van der Waals surface area (Å²) in [4.78, 5) is 4.15. The van der Waals surface area contributed by atoms with Crippen molar-refractivity contribution in [2.24, 2.45) is 0 Å². The lowest BCUT2D eigenvalue weighted by atomic mass is 9.97. The molecule has 0 saturated heterocycles. The number of benzene rings is 1. The molecule has 1 aromatic heterocycles. The smallest absolute Gasteiger partial charge is 0.126 e. The lowest BCUT2D eigenvalue weighted by Crippen LogP contribution is -2.24. The van der Waals surface area contributed by atoms with Crippen molar-refractivity contribution in [3.63, 3.8) is 0 Å². The minimum absolute atomic E-state index is 0.0667. The topological polar surface area (TPSA) is 50.9 Å². The molecular weight excluding hydrogens is 253 g/mol. The van der Waals surface area contributed by atoms with E-state index < -0.39 is 0 Å². The molecule has 0 aliphatic rings. The number of aromatic nitrogens is 1. The van der Waals surface area contributed by atoms with Crippen molar-refractivity contribution in [1.82, 2.24) is 10.3 Å². The van der Waals surface area contributed by atoms with Crippen LogP contribution in [0.4, 0.5) is 10.1 Å². The third-order valence-corrected chi connectivity index (χ3v) is 3.31. The van der Waals surface area contributed by atoms with Gasteiger partial charge in [-0.25, -0.2) is 4.39 Å². The molecule has 106 valence electrons. The van der Waals surface area contributed by atoms with Crippen molar-refractivity contribution in [3.8, 4) is 0 Å². The first-order valence-electron chi connectivity index (χ1n) is 6.82. The van der Waals surface area contributed by atoms with Crippen LogP contribution >= 0.6 is 0 Å². The molecule has 4 heteroatoms. The monoisotopic (exact) mass is 273 g/mol. The van der Waals surface area contributed by atoms with Gasteiger partial charge < -0.3 is 11.1 Å². The van der Waals surface area contributed by atoms with Crippen LogP contribution in [0, 0.1) is 12.7 Å². The lowest BCUT2D eigenvalue weighted by Gasteiger charge is -2.21. The molecule has 0 radical (unpaired) electrons. The highest BCUT2D eigenvalue weighted by molar-refractivity contribution is 5.50. The van der Waals surface area contributed by atoms with Gasteiger partial charge in [-0.2, -0.15) is 0 Å². The van der Waals surface area contributed by atoms with Crippen molar-refractivity contribution in [3.05, 3.63) is 59.2 Å². The maximum atomic E-state index is 13.4. The van der Waals surface area contributed by atoms with Crippen molar-refractivity contribution in [1.29, 1.82) is 0 Å². The summed E-state index contributed by atoms with van der Waals surface area (Å²) in [7, 11) is 0. The summed E-state index contributed by atoms with van der Waals surface area (Å²) in [6, 6.07) is 6.87. The maximum absolute atomic E-state index is 13.4. The Balaban J connectivity index is 2.41. The van der Waals surface area contributed by atoms with Gasteiger partial charge in [-0.3, -0.25) is 4.98 Å². The zero-order valence-corrected chi connectivity index (χ0v) is 11.9. The molecule has 3 N–H and O–H groups in total. The highest BCUT2D eigenvalue weighted by atomic mass is 19.1. The summed E-state index contributed by atoms with van der Waals surface area (Å²) in [5, 5.41) is 3.45. The molecule has 1 aromatic carbocycles. The third kappa shape index (κ3) is 3.14. The quantitative estimate of drug-likeness (QED) is 0.879. The molecule has 0 saturated carbocycles. The summed E-state index contributed by atoms with van der Waals surface area (Å²) < 4.78 is 13.4. The van der Waals surface area contributed by atoms with E-state index in [1.165, 1.54) is 6.07 Å². The first kappa shape index (κ1) is 14.5. The number of pyridine rings is 1. The Labute approximate surface area is 119 Å². The largest absolute Gasteiger partial charge is 0.398 e. The average molecular weight is 273 g/mol. The standard InChI is InChI=1S/C16H20FN3/c1-3-7-20-16(13-10-19-8-6-15(13)18)12-4-5-14(17)11(2)9-12/h4-6,8-10,16,20H,3,7H2,1-2H3,(H2,18,19). The predicted octanol–water partition coefficient (Wildman–Crippen LogP) is 3.20. The van der Waals surface area contributed by atoms with Gasteiger partial charge in [0, 0.05) is 23.6 Å². The molecule has 1 heterocycles. The Morgan fingerprint density at radius 3 is 2.80 bits per heavy atom. The number of anilines is 1. The van der Waals surface area contributed by atoms with Crippen LogP contribution in [0.3, 0.4) is 0 Å². The summed E-state index contributed by atoms with van der Waals surface area (Å²) >= 11 is 0. The fraction of sp³-hybridized carbons (Fsp3) is 0.312. The van der Waals surface area contributed by atoms with Gasteiger partial charge in [0.05, 0.1) is 6.04 Å². The Bertz CT molecular complexity index is 584.